The average Bonchev–Trinajstić information content (AvgIpc) is 2.99. The van der Waals surface area contributed by atoms with E-state index >= 15 is 0 Å². The summed E-state index contributed by atoms with van der Waals surface area (Å²) in [4.78, 5) is 8.98. The van der Waals surface area contributed by atoms with E-state index in [4.69, 9.17) is 17.0 Å². The Morgan fingerprint density at radius 1 is 1.25 bits per heavy atom. The Bertz CT molecular complexity index is 812. The second kappa shape index (κ2) is 7.33. The topological polar surface area (TPSA) is 80.5 Å². The smallest absolute Gasteiger partial charge is 0.333 e. The molecule has 0 aliphatic carbocycles. The molecule has 0 atom stereocenters. The first-order chi connectivity index (χ1) is 11.7. The number of fused-ring (bicyclic) bond motifs is 1. The number of rotatable bonds is 6. The van der Waals surface area contributed by atoms with Gasteiger partial charge in [0.1, 0.15) is 17.0 Å². The SMILES string of the molecule is CCCC1=NN=C2C(=S)[NH+]=C(c3cc(SO)ccc3OCC)N=C12. The third kappa shape index (κ3) is 3.17. The summed E-state index contributed by atoms with van der Waals surface area (Å²) in [6, 6.07) is 5.42. The predicted octanol–water partition coefficient (Wildman–Crippen LogP) is 1.87. The van der Waals surface area contributed by atoms with Crippen LogP contribution >= 0.6 is 24.3 Å². The Balaban J connectivity index is 2.06. The molecule has 0 fully saturated rings. The van der Waals surface area contributed by atoms with E-state index in [0.29, 0.717) is 45.8 Å². The van der Waals surface area contributed by atoms with E-state index in [-0.39, 0.29) is 0 Å². The fraction of sp³-hybridized carbons (Fsp3) is 0.312. The highest BCUT2D eigenvalue weighted by atomic mass is 32.2. The highest BCUT2D eigenvalue weighted by molar-refractivity contribution is 7.93. The summed E-state index contributed by atoms with van der Waals surface area (Å²) in [6.45, 7) is 4.53. The minimum atomic E-state index is 0.495. The van der Waals surface area contributed by atoms with E-state index in [9.17, 15) is 4.55 Å². The molecule has 0 saturated heterocycles. The number of amidine groups is 1. The molecule has 0 spiro atoms. The van der Waals surface area contributed by atoms with Crippen molar-refractivity contribution in [3.05, 3.63) is 23.8 Å². The van der Waals surface area contributed by atoms with Crippen LogP contribution in [0.1, 0.15) is 32.3 Å². The van der Waals surface area contributed by atoms with Crippen LogP contribution in [0.4, 0.5) is 0 Å². The molecular weight excluding hydrogens is 344 g/mol. The Hall–Kier alpha value is -1.90. The van der Waals surface area contributed by atoms with Gasteiger partial charge in [-0.3, -0.25) is 0 Å². The molecule has 24 heavy (non-hydrogen) atoms. The van der Waals surface area contributed by atoms with E-state index in [1.54, 1.807) is 6.07 Å². The van der Waals surface area contributed by atoms with Gasteiger partial charge >= 0.3 is 5.84 Å². The summed E-state index contributed by atoms with van der Waals surface area (Å²) >= 11 is 6.09. The molecule has 0 amide bonds. The van der Waals surface area contributed by atoms with Gasteiger partial charge in [0.15, 0.2) is 5.71 Å². The third-order valence-electron chi connectivity index (χ3n) is 3.54. The van der Waals surface area contributed by atoms with Gasteiger partial charge in [0, 0.05) is 16.9 Å². The monoisotopic (exact) mass is 361 g/mol. The fourth-order valence-corrected chi connectivity index (χ4v) is 3.02. The van der Waals surface area contributed by atoms with Crippen molar-refractivity contribution in [3.8, 4) is 5.75 Å². The summed E-state index contributed by atoms with van der Waals surface area (Å²) in [7, 11) is 0. The molecule has 2 aliphatic rings. The van der Waals surface area contributed by atoms with E-state index in [2.05, 4.69) is 27.1 Å². The Labute approximate surface area is 149 Å². The fourth-order valence-electron chi connectivity index (χ4n) is 2.48. The number of aliphatic imine (C=N–C) groups is 1. The molecule has 2 N–H and O–H groups in total. The normalized spacial score (nSPS) is 16.2. The van der Waals surface area contributed by atoms with Gasteiger partial charge in [-0.2, -0.15) is 0 Å². The molecule has 0 saturated carbocycles. The van der Waals surface area contributed by atoms with Gasteiger partial charge in [-0.05, 0) is 48.8 Å². The first-order valence-corrected chi connectivity index (χ1v) is 8.87. The lowest BCUT2D eigenvalue weighted by Crippen LogP contribution is -2.81. The number of nitrogens with zero attached hydrogens (tertiary/aromatic N) is 3. The first-order valence-electron chi connectivity index (χ1n) is 7.68. The molecule has 1 aromatic rings. The van der Waals surface area contributed by atoms with Gasteiger partial charge in [-0.25, -0.2) is 4.99 Å². The minimum Gasteiger partial charge on any atom is -0.493 e. The van der Waals surface area contributed by atoms with Crippen LogP contribution in [0.2, 0.25) is 0 Å². The third-order valence-corrected chi connectivity index (χ3v) is 4.30. The number of hydrogen-bond acceptors (Lipinski definition) is 7. The lowest BCUT2D eigenvalue weighted by Gasteiger charge is -2.10. The zero-order valence-corrected chi connectivity index (χ0v) is 15.0. The Kier molecular flexibility index (Phi) is 5.17. The standard InChI is InChI=1S/C16H16N4O2S2/c1-3-5-11-13-14(20-19-11)16(23)18-15(17-13)10-8-9(24-21)6-7-12(10)22-4-2/h6-8,21H,3-5H2,1-2H3/p+1. The Morgan fingerprint density at radius 3 is 2.79 bits per heavy atom. The number of hydrogen-bond donors (Lipinski definition) is 2. The quantitative estimate of drug-likeness (QED) is 0.599. The summed E-state index contributed by atoms with van der Waals surface area (Å²) < 4.78 is 15.0. The summed E-state index contributed by atoms with van der Waals surface area (Å²) in [5, 5.41) is 8.34. The molecule has 0 bridgehead atoms. The van der Waals surface area contributed by atoms with Crippen molar-refractivity contribution in [3.63, 3.8) is 0 Å². The van der Waals surface area contributed by atoms with Crippen LogP contribution in [0.3, 0.4) is 0 Å². The van der Waals surface area contributed by atoms with Crippen LogP contribution in [-0.2, 0) is 0 Å². The van der Waals surface area contributed by atoms with E-state index in [0.717, 1.165) is 29.8 Å². The lowest BCUT2D eigenvalue weighted by molar-refractivity contribution is -0.306. The second-order valence-electron chi connectivity index (χ2n) is 5.19. The zero-order chi connectivity index (χ0) is 17.1. The summed E-state index contributed by atoms with van der Waals surface area (Å²) in [5.74, 6) is 1.26. The maximum atomic E-state index is 9.34. The van der Waals surface area contributed by atoms with E-state index in [1.807, 2.05) is 19.1 Å². The largest absolute Gasteiger partial charge is 0.493 e. The highest BCUT2D eigenvalue weighted by Crippen LogP contribution is 2.25. The van der Waals surface area contributed by atoms with Gasteiger partial charge in [0.2, 0.25) is 10.7 Å². The van der Waals surface area contributed by atoms with E-state index < -0.39 is 0 Å². The summed E-state index contributed by atoms with van der Waals surface area (Å²) in [6.07, 6.45) is 1.75. The zero-order valence-electron chi connectivity index (χ0n) is 13.4. The number of benzene rings is 1. The molecule has 2 heterocycles. The molecule has 8 heteroatoms. The van der Waals surface area contributed by atoms with Crippen LogP contribution < -0.4 is 9.73 Å². The van der Waals surface area contributed by atoms with Crippen LogP contribution in [0.5, 0.6) is 5.75 Å². The van der Waals surface area contributed by atoms with Gasteiger partial charge < -0.3 is 9.29 Å². The Morgan fingerprint density at radius 2 is 2.08 bits per heavy atom. The van der Waals surface area contributed by atoms with Crippen molar-refractivity contribution in [1.29, 1.82) is 0 Å². The van der Waals surface area contributed by atoms with Crippen molar-refractivity contribution in [2.24, 2.45) is 15.2 Å². The predicted molar refractivity (Wildman–Crippen MR) is 101 cm³/mol. The molecule has 6 nitrogen and oxygen atoms in total. The first kappa shape index (κ1) is 16.9. The molecule has 124 valence electrons. The molecule has 3 rings (SSSR count). The molecular formula is C16H17N4O2S2+. The number of nitrogens with one attached hydrogen (secondary N) is 1. The highest BCUT2D eigenvalue weighted by Gasteiger charge is 2.36. The van der Waals surface area contributed by atoms with Gasteiger partial charge in [0.25, 0.3) is 0 Å². The van der Waals surface area contributed by atoms with Crippen molar-refractivity contribution in [1.82, 2.24) is 0 Å². The van der Waals surface area contributed by atoms with Crippen LogP contribution in [-0.4, -0.2) is 39.1 Å². The average molecular weight is 361 g/mol. The molecule has 0 unspecified atom stereocenters. The minimum absolute atomic E-state index is 0.495. The van der Waals surface area contributed by atoms with Crippen molar-refractivity contribution in [2.75, 3.05) is 6.61 Å². The molecule has 1 aromatic carbocycles. The number of ether oxygens (including phenoxy) is 1. The van der Waals surface area contributed by atoms with Crippen molar-refractivity contribution < 1.29 is 14.3 Å². The van der Waals surface area contributed by atoms with Crippen LogP contribution in [0, 0.1) is 0 Å². The number of thiocarbonyl (C=S) groups is 1. The maximum Gasteiger partial charge on any atom is 0.333 e. The van der Waals surface area contributed by atoms with Gasteiger partial charge in [0.05, 0.1) is 6.61 Å². The van der Waals surface area contributed by atoms with E-state index in [1.165, 1.54) is 0 Å². The van der Waals surface area contributed by atoms with Crippen molar-refractivity contribution >= 4 is 52.2 Å². The molecule has 0 aromatic heterocycles. The van der Waals surface area contributed by atoms with Gasteiger partial charge in [-0.15, -0.1) is 10.2 Å². The molecule has 0 radical (unpaired) electrons. The lowest BCUT2D eigenvalue weighted by atomic mass is 10.0. The van der Waals surface area contributed by atoms with Gasteiger partial charge in [-0.1, -0.05) is 13.3 Å². The van der Waals surface area contributed by atoms with Crippen LogP contribution in [0.15, 0.2) is 38.3 Å². The van der Waals surface area contributed by atoms with Crippen LogP contribution in [0.25, 0.3) is 0 Å². The second-order valence-corrected chi connectivity index (χ2v) is 6.25. The maximum absolute atomic E-state index is 9.34. The summed E-state index contributed by atoms with van der Waals surface area (Å²) in [5.41, 5.74) is 2.93. The molecule has 2 aliphatic heterocycles. The van der Waals surface area contributed by atoms with Crippen molar-refractivity contribution in [2.45, 2.75) is 31.6 Å².